The fourth-order valence-corrected chi connectivity index (χ4v) is 7.85. The van der Waals surface area contributed by atoms with Crippen molar-refractivity contribution in [2.45, 2.75) is 55.8 Å². The Bertz CT molecular complexity index is 816. The largest absolute Gasteiger partial charge is 0.352 e. The Morgan fingerprint density at radius 3 is 2.56 bits per heavy atom. The van der Waals surface area contributed by atoms with Gasteiger partial charge in [-0.15, -0.1) is 0 Å². The number of hydrogen-bond acceptors (Lipinski definition) is 2. The minimum absolute atomic E-state index is 0.212. The number of nitrogens with zero attached hydrogens (tertiary/aromatic N) is 2. The third-order valence-corrected chi connectivity index (χ3v) is 7.77. The van der Waals surface area contributed by atoms with Crippen molar-refractivity contribution in [3.8, 4) is 5.69 Å². The lowest BCUT2D eigenvalue weighted by Crippen LogP contribution is -2.54. The molecule has 4 nitrogen and oxygen atoms in total. The van der Waals surface area contributed by atoms with Gasteiger partial charge in [-0.2, -0.15) is 5.10 Å². The summed E-state index contributed by atoms with van der Waals surface area (Å²) in [6, 6.07) is 10.1. The zero-order valence-corrected chi connectivity index (χ0v) is 17.1. The second-order valence-corrected chi connectivity index (χ2v) is 10.9. The molecule has 4 saturated carbocycles. The normalized spacial score (nSPS) is 34.0. The third-order valence-electron chi connectivity index (χ3n) is 6.84. The highest BCUT2D eigenvalue weighted by Gasteiger charge is 2.57. The summed E-state index contributed by atoms with van der Waals surface area (Å²) < 4.78 is 2.16. The van der Waals surface area contributed by atoms with Gasteiger partial charge in [0, 0.05) is 29.7 Å². The van der Waals surface area contributed by atoms with E-state index >= 15 is 0 Å². The molecule has 1 heterocycles. The second kappa shape index (κ2) is 6.47. The van der Waals surface area contributed by atoms with E-state index in [1.807, 2.05) is 29.1 Å². The maximum absolute atomic E-state index is 12.7. The number of aromatic nitrogens is 2. The van der Waals surface area contributed by atoms with E-state index in [0.717, 1.165) is 23.1 Å². The Labute approximate surface area is 168 Å². The molecule has 6 rings (SSSR count). The van der Waals surface area contributed by atoms with Gasteiger partial charge in [-0.05, 0) is 79.5 Å². The van der Waals surface area contributed by atoms with Crippen LogP contribution in [0.2, 0.25) is 0 Å². The van der Waals surface area contributed by atoms with Crippen LogP contribution in [-0.2, 0) is 11.3 Å². The van der Waals surface area contributed by atoms with Crippen LogP contribution in [-0.4, -0.2) is 20.0 Å². The molecule has 0 radical (unpaired) electrons. The first-order valence-corrected chi connectivity index (χ1v) is 10.8. The number of carbonyl (C=O) groups is 1. The first-order chi connectivity index (χ1) is 13.0. The molecule has 2 unspecified atom stereocenters. The number of halogens is 1. The molecule has 142 valence electrons. The summed E-state index contributed by atoms with van der Waals surface area (Å²) in [4.78, 5) is 12.7. The van der Waals surface area contributed by atoms with Crippen molar-refractivity contribution >= 4 is 21.8 Å². The van der Waals surface area contributed by atoms with Crippen molar-refractivity contribution in [3.05, 3.63) is 48.3 Å². The molecule has 1 N–H and O–H groups in total. The number of benzene rings is 1. The van der Waals surface area contributed by atoms with Gasteiger partial charge in [0.1, 0.15) is 0 Å². The van der Waals surface area contributed by atoms with Crippen LogP contribution >= 0.6 is 15.9 Å². The molecular formula is C22H26BrN3O. The quantitative estimate of drug-likeness (QED) is 0.707. The minimum atomic E-state index is 0.212. The predicted octanol–water partition coefficient (Wildman–Crippen LogP) is 4.61. The molecule has 4 aliphatic carbocycles. The summed E-state index contributed by atoms with van der Waals surface area (Å²) in [6.45, 7) is 0.598. The van der Waals surface area contributed by atoms with E-state index < -0.39 is 0 Å². The van der Waals surface area contributed by atoms with Crippen LogP contribution in [0.25, 0.3) is 5.69 Å². The van der Waals surface area contributed by atoms with Gasteiger partial charge in [-0.25, -0.2) is 4.68 Å². The summed E-state index contributed by atoms with van der Waals surface area (Å²) >= 11 is 4.04. The van der Waals surface area contributed by atoms with Crippen molar-refractivity contribution in [3.63, 3.8) is 0 Å². The van der Waals surface area contributed by atoms with Gasteiger partial charge in [0.15, 0.2) is 0 Å². The Hall–Kier alpha value is -1.62. The number of hydrogen-bond donors (Lipinski definition) is 1. The molecule has 27 heavy (non-hydrogen) atoms. The molecule has 1 aromatic carbocycles. The lowest BCUT2D eigenvalue weighted by Gasteiger charge is -2.60. The van der Waals surface area contributed by atoms with Gasteiger partial charge >= 0.3 is 0 Å². The van der Waals surface area contributed by atoms with Gasteiger partial charge in [0.05, 0.1) is 5.69 Å². The Morgan fingerprint density at radius 2 is 1.93 bits per heavy atom. The van der Waals surface area contributed by atoms with E-state index in [1.165, 1.54) is 38.5 Å². The van der Waals surface area contributed by atoms with E-state index in [4.69, 9.17) is 0 Å². The lowest BCUT2D eigenvalue weighted by atomic mass is 9.48. The van der Waals surface area contributed by atoms with Crippen LogP contribution in [0.1, 0.15) is 50.5 Å². The SMILES string of the molecule is O=C(CC12CC3CC(CC(Br)(C3)C1)C2)NCc1ccc(-n2cccn2)cc1. The molecule has 4 bridgehead atoms. The number of carbonyl (C=O) groups excluding carboxylic acids is 1. The monoisotopic (exact) mass is 427 g/mol. The fraction of sp³-hybridized carbons (Fsp3) is 0.545. The zero-order valence-electron chi connectivity index (χ0n) is 15.5. The molecule has 5 heteroatoms. The molecule has 4 aliphatic rings. The highest BCUT2D eigenvalue weighted by Crippen LogP contribution is 2.65. The van der Waals surface area contributed by atoms with Crippen LogP contribution in [0.3, 0.4) is 0 Å². The topological polar surface area (TPSA) is 46.9 Å². The molecule has 2 aromatic rings. The van der Waals surface area contributed by atoms with E-state index in [1.54, 1.807) is 6.20 Å². The first kappa shape index (κ1) is 17.5. The van der Waals surface area contributed by atoms with Gasteiger partial charge < -0.3 is 5.32 Å². The van der Waals surface area contributed by atoms with E-state index in [0.29, 0.717) is 17.3 Å². The molecule has 4 fully saturated rings. The molecule has 1 aromatic heterocycles. The molecule has 2 atom stereocenters. The van der Waals surface area contributed by atoms with Gasteiger partial charge in [0.25, 0.3) is 0 Å². The first-order valence-electron chi connectivity index (χ1n) is 10.1. The minimum Gasteiger partial charge on any atom is -0.352 e. The van der Waals surface area contributed by atoms with Crippen LogP contribution < -0.4 is 5.32 Å². The molecule has 1 amide bonds. The van der Waals surface area contributed by atoms with Crippen molar-refractivity contribution in [2.75, 3.05) is 0 Å². The van der Waals surface area contributed by atoms with Gasteiger partial charge in [-0.3, -0.25) is 4.79 Å². The molecule has 0 aliphatic heterocycles. The van der Waals surface area contributed by atoms with Gasteiger partial charge in [-0.1, -0.05) is 28.1 Å². The number of nitrogens with one attached hydrogen (secondary N) is 1. The van der Waals surface area contributed by atoms with Crippen LogP contribution in [0.4, 0.5) is 0 Å². The zero-order chi connectivity index (χ0) is 18.5. The van der Waals surface area contributed by atoms with Gasteiger partial charge in [0.2, 0.25) is 5.91 Å². The Balaban J connectivity index is 1.19. The molecule has 0 saturated heterocycles. The Morgan fingerprint density at radius 1 is 1.19 bits per heavy atom. The lowest BCUT2D eigenvalue weighted by molar-refractivity contribution is -0.128. The Kier molecular flexibility index (Phi) is 4.19. The number of amides is 1. The molecular weight excluding hydrogens is 402 g/mol. The maximum Gasteiger partial charge on any atom is 0.220 e. The average molecular weight is 428 g/mol. The van der Waals surface area contributed by atoms with Crippen LogP contribution in [0.15, 0.2) is 42.7 Å². The van der Waals surface area contributed by atoms with Crippen molar-refractivity contribution in [1.29, 1.82) is 0 Å². The van der Waals surface area contributed by atoms with E-state index in [2.05, 4.69) is 38.5 Å². The highest BCUT2D eigenvalue weighted by molar-refractivity contribution is 9.10. The third kappa shape index (κ3) is 3.46. The second-order valence-electron chi connectivity index (χ2n) is 9.18. The summed E-state index contributed by atoms with van der Waals surface area (Å²) in [5, 5.41) is 7.41. The summed E-state index contributed by atoms with van der Waals surface area (Å²) in [5.41, 5.74) is 2.40. The van der Waals surface area contributed by atoms with Crippen LogP contribution in [0.5, 0.6) is 0 Å². The predicted molar refractivity (Wildman–Crippen MR) is 109 cm³/mol. The summed E-state index contributed by atoms with van der Waals surface area (Å²) in [5.74, 6) is 1.87. The van der Waals surface area contributed by atoms with Crippen molar-refractivity contribution < 1.29 is 4.79 Å². The standard InChI is InChI=1S/C22H26BrN3O/c23-22-11-17-8-18(12-22)10-21(9-17,15-22)13-20(27)24-14-16-2-4-19(5-3-16)26-7-1-6-25-26/h1-7,17-18H,8-15H2,(H,24,27). The maximum atomic E-state index is 12.7. The summed E-state index contributed by atoms with van der Waals surface area (Å²) in [6.07, 6.45) is 12.1. The number of alkyl halides is 1. The van der Waals surface area contributed by atoms with Crippen molar-refractivity contribution in [1.82, 2.24) is 15.1 Å². The van der Waals surface area contributed by atoms with E-state index in [-0.39, 0.29) is 11.3 Å². The smallest absolute Gasteiger partial charge is 0.220 e. The van der Waals surface area contributed by atoms with Crippen LogP contribution in [0, 0.1) is 17.3 Å². The fourth-order valence-electron chi connectivity index (χ4n) is 6.33. The van der Waals surface area contributed by atoms with Crippen molar-refractivity contribution in [2.24, 2.45) is 17.3 Å². The molecule has 0 spiro atoms. The van der Waals surface area contributed by atoms with E-state index in [9.17, 15) is 4.79 Å². The average Bonchev–Trinajstić information content (AvgIpc) is 3.12. The highest BCUT2D eigenvalue weighted by atomic mass is 79.9. The number of rotatable bonds is 5. The summed E-state index contributed by atoms with van der Waals surface area (Å²) in [7, 11) is 0.